The summed E-state index contributed by atoms with van der Waals surface area (Å²) in [6.45, 7) is -0.441. The summed E-state index contributed by atoms with van der Waals surface area (Å²) in [5.41, 5.74) is 0.523. The number of thioether (sulfide) groups is 1. The zero-order valence-electron chi connectivity index (χ0n) is 30.2. The normalized spacial score (nSPS) is 13.4. The van der Waals surface area contributed by atoms with E-state index in [9.17, 15) is 53.1 Å². The molecule has 1 atom stereocenters. The first-order valence-corrected chi connectivity index (χ1v) is 19.7. The number of imide groups is 1. The van der Waals surface area contributed by atoms with Crippen molar-refractivity contribution in [3.05, 3.63) is 75.9 Å². The second-order valence-corrected chi connectivity index (χ2v) is 15.6. The lowest BCUT2D eigenvalue weighted by atomic mass is 9.90. The number of nitrogens with zero attached hydrogens (tertiary/aromatic N) is 1. The lowest BCUT2D eigenvalue weighted by Crippen LogP contribution is -2.49. The van der Waals surface area contributed by atoms with E-state index in [4.69, 9.17) is 18.3 Å². The average molecular weight is 827 g/mol. The molecular weight excluding hydrogens is 791 g/mol. The van der Waals surface area contributed by atoms with Gasteiger partial charge < -0.3 is 44.5 Å². The van der Waals surface area contributed by atoms with Gasteiger partial charge in [-0.15, -0.1) is 5.06 Å². The van der Waals surface area contributed by atoms with Crippen molar-refractivity contribution >= 4 is 71.8 Å². The van der Waals surface area contributed by atoms with Gasteiger partial charge in [-0.1, -0.05) is 6.07 Å². The third-order valence-corrected chi connectivity index (χ3v) is 11.4. The first kappa shape index (κ1) is 42.1. The number of benzene rings is 3. The number of carboxylic acid groups (broad SMARTS) is 1. The third-order valence-electron chi connectivity index (χ3n) is 8.42. The van der Waals surface area contributed by atoms with Crippen LogP contribution in [0, 0.1) is 0 Å². The Hall–Kier alpha value is -6.08. The number of hydrogen-bond donors (Lipinski definition) is 5. The molecule has 21 heteroatoms. The van der Waals surface area contributed by atoms with Gasteiger partial charge in [0.2, 0.25) is 11.7 Å². The molecule has 5 N–H and O–H groups in total. The van der Waals surface area contributed by atoms with Crippen LogP contribution in [0.5, 0.6) is 5.75 Å². The van der Waals surface area contributed by atoms with Gasteiger partial charge in [-0.25, -0.2) is 9.59 Å². The molecule has 0 aromatic heterocycles. The number of hydroxylamine groups is 2. The van der Waals surface area contributed by atoms with Crippen molar-refractivity contribution in [2.75, 3.05) is 38.8 Å². The SMILES string of the molecule is COP(=O)(OC)C(NC(=O)CSCCC(=O)ON1C(=O)CCC1=O)C(=O)NCCNC(=O)c1ccc(-c2c3ccc(=O)cc-3oc3cc(O)ccc23)c(C(=O)O)c1. The maximum absolute atomic E-state index is 13.2. The Bertz CT molecular complexity index is 2320. The van der Waals surface area contributed by atoms with Gasteiger partial charge in [0.25, 0.3) is 23.6 Å². The molecule has 3 aliphatic rings. The molecule has 0 saturated carbocycles. The summed E-state index contributed by atoms with van der Waals surface area (Å²) in [6.07, 6.45) is -0.380. The van der Waals surface area contributed by atoms with Gasteiger partial charge in [0.15, 0.2) is 5.43 Å². The van der Waals surface area contributed by atoms with E-state index in [0.29, 0.717) is 21.6 Å². The molecule has 5 rings (SSSR count). The number of rotatable bonds is 17. The van der Waals surface area contributed by atoms with Gasteiger partial charge in [-0.3, -0.25) is 33.3 Å². The third kappa shape index (κ3) is 9.84. The van der Waals surface area contributed by atoms with Gasteiger partial charge in [-0.05, 0) is 42.0 Å². The van der Waals surface area contributed by atoms with Crippen LogP contribution >= 0.6 is 19.4 Å². The van der Waals surface area contributed by atoms with Crippen LogP contribution in [0.25, 0.3) is 33.4 Å². The number of carbonyl (C=O) groups excluding carboxylic acids is 6. The molecule has 0 radical (unpaired) electrons. The monoisotopic (exact) mass is 826 g/mol. The predicted octanol–water partition coefficient (Wildman–Crippen LogP) is 2.47. The van der Waals surface area contributed by atoms with Crippen molar-refractivity contribution in [3.63, 3.8) is 0 Å². The number of fused-ring (bicyclic) bond motifs is 2. The van der Waals surface area contributed by atoms with Crippen LogP contribution in [-0.4, -0.2) is 101 Å². The molecule has 300 valence electrons. The van der Waals surface area contributed by atoms with E-state index in [1.54, 1.807) is 0 Å². The standard InChI is InChI=1S/C36H35N4O15PS/c1-52-56(51,53-2)35(39-28(43)18-57-14-11-31(46)55-40-29(44)9-10-30(40)45)34(48)38-13-12-37-33(47)19-3-6-22(25(15-19)36(49)50)32-23-7-4-20(41)16-26(23)54-27-17-21(42)5-8-24(27)32/h3-8,15-17,35,41H,9-14,18H2,1-2H3,(H,37,47)(H,38,48)(H,39,43)(H,49,50). The molecule has 57 heavy (non-hydrogen) atoms. The molecule has 5 amide bonds. The van der Waals surface area contributed by atoms with Gasteiger partial charge in [0, 0.05) is 80.1 Å². The fourth-order valence-electron chi connectivity index (χ4n) is 5.68. The Morgan fingerprint density at radius 1 is 0.912 bits per heavy atom. The Balaban J connectivity index is 1.20. The van der Waals surface area contributed by atoms with E-state index in [0.717, 1.165) is 32.0 Å². The minimum absolute atomic E-state index is 0.0346. The summed E-state index contributed by atoms with van der Waals surface area (Å²) >= 11 is 0.942. The molecule has 19 nitrogen and oxygen atoms in total. The Morgan fingerprint density at radius 3 is 2.28 bits per heavy atom. The molecule has 1 unspecified atom stereocenters. The largest absolute Gasteiger partial charge is 0.508 e. The maximum Gasteiger partial charge on any atom is 0.361 e. The van der Waals surface area contributed by atoms with Crippen molar-refractivity contribution in [1.82, 2.24) is 21.0 Å². The molecule has 2 aromatic rings. The number of aromatic carboxylic acids is 1. The first-order valence-electron chi connectivity index (χ1n) is 16.9. The minimum atomic E-state index is -4.26. The summed E-state index contributed by atoms with van der Waals surface area (Å²) in [7, 11) is -2.24. The average Bonchev–Trinajstić information content (AvgIpc) is 3.50. The van der Waals surface area contributed by atoms with E-state index in [-0.39, 0.29) is 83.1 Å². The Labute approximate surface area is 326 Å². The van der Waals surface area contributed by atoms with Crippen molar-refractivity contribution < 1.29 is 66.6 Å². The molecule has 1 fully saturated rings. The minimum Gasteiger partial charge on any atom is -0.508 e. The van der Waals surface area contributed by atoms with Crippen molar-refractivity contribution in [2.24, 2.45) is 0 Å². The molecule has 2 heterocycles. The van der Waals surface area contributed by atoms with Gasteiger partial charge in [0.1, 0.15) is 17.1 Å². The number of phenols is 1. The highest BCUT2D eigenvalue weighted by Crippen LogP contribution is 2.50. The van der Waals surface area contributed by atoms with E-state index in [1.165, 1.54) is 48.5 Å². The quantitative estimate of drug-likeness (QED) is 0.0443. The van der Waals surface area contributed by atoms with Crippen LogP contribution in [0.15, 0.2) is 63.8 Å². The number of amides is 5. The molecule has 1 aliphatic carbocycles. The summed E-state index contributed by atoms with van der Waals surface area (Å²) < 4.78 is 28.9. The van der Waals surface area contributed by atoms with Gasteiger partial charge >= 0.3 is 19.5 Å². The van der Waals surface area contributed by atoms with E-state index in [2.05, 4.69) is 16.0 Å². The van der Waals surface area contributed by atoms with E-state index in [1.807, 2.05) is 0 Å². The Kier molecular flexibility index (Phi) is 13.5. The van der Waals surface area contributed by atoms with E-state index >= 15 is 0 Å². The van der Waals surface area contributed by atoms with Gasteiger partial charge in [-0.2, -0.15) is 11.8 Å². The molecule has 2 aromatic carbocycles. The number of hydrogen-bond acceptors (Lipinski definition) is 15. The molecule has 0 spiro atoms. The fraction of sp³-hybridized carbons (Fsp3) is 0.278. The summed E-state index contributed by atoms with van der Waals surface area (Å²) in [6, 6.07) is 12.3. The lowest BCUT2D eigenvalue weighted by molar-refractivity contribution is -0.197. The smallest absolute Gasteiger partial charge is 0.361 e. The zero-order chi connectivity index (χ0) is 41.4. The van der Waals surface area contributed by atoms with Crippen molar-refractivity contribution in [2.45, 2.75) is 25.0 Å². The van der Waals surface area contributed by atoms with Crippen molar-refractivity contribution in [3.8, 4) is 28.2 Å². The number of phenolic OH excluding ortho intramolecular Hbond substituents is 1. The fourth-order valence-corrected chi connectivity index (χ4v) is 7.66. The number of nitrogens with one attached hydrogen (secondary N) is 3. The molecule has 2 aliphatic heterocycles. The van der Waals surface area contributed by atoms with Crippen LogP contribution in [0.2, 0.25) is 0 Å². The van der Waals surface area contributed by atoms with Crippen LogP contribution in [0.1, 0.15) is 40.0 Å². The van der Waals surface area contributed by atoms with Crippen molar-refractivity contribution in [1.29, 1.82) is 0 Å². The summed E-state index contributed by atoms with van der Waals surface area (Å²) in [5.74, 6) is -8.04. The van der Waals surface area contributed by atoms with Gasteiger partial charge in [0.05, 0.1) is 17.7 Å². The highest BCUT2D eigenvalue weighted by Gasteiger charge is 2.41. The topological polar surface area (TPSA) is 274 Å². The summed E-state index contributed by atoms with van der Waals surface area (Å²) in [4.78, 5) is 103. The van der Waals surface area contributed by atoms with Crippen LogP contribution < -0.4 is 21.4 Å². The molecule has 0 bridgehead atoms. The van der Waals surface area contributed by atoms with E-state index < -0.39 is 54.9 Å². The highest BCUT2D eigenvalue weighted by molar-refractivity contribution is 7.99. The van der Waals surface area contributed by atoms with Crippen LogP contribution in [0.3, 0.4) is 0 Å². The second-order valence-electron chi connectivity index (χ2n) is 12.2. The first-order chi connectivity index (χ1) is 27.1. The maximum atomic E-state index is 13.2. The Morgan fingerprint density at radius 2 is 1.60 bits per heavy atom. The van der Waals surface area contributed by atoms with Crippen LogP contribution in [0.4, 0.5) is 0 Å². The molecule has 1 saturated heterocycles. The number of aromatic hydroxyl groups is 1. The number of carboxylic acids is 1. The summed E-state index contributed by atoms with van der Waals surface area (Å²) in [5, 5.41) is 28.3. The second kappa shape index (κ2) is 18.2. The predicted molar refractivity (Wildman–Crippen MR) is 201 cm³/mol. The lowest BCUT2D eigenvalue weighted by Gasteiger charge is -2.24. The highest BCUT2D eigenvalue weighted by atomic mass is 32.2. The number of carbonyl (C=O) groups is 7. The molecular formula is C36H35N4O15PS. The zero-order valence-corrected chi connectivity index (χ0v) is 31.9. The van der Waals surface area contributed by atoms with Crippen LogP contribution in [-0.2, 0) is 42.4 Å².